The molecule has 1 aliphatic rings. The van der Waals surface area contributed by atoms with Crippen molar-refractivity contribution in [3.63, 3.8) is 0 Å². The van der Waals surface area contributed by atoms with E-state index in [4.69, 9.17) is 5.11 Å². The van der Waals surface area contributed by atoms with Crippen LogP contribution in [0.1, 0.15) is 13.3 Å². The second-order valence-corrected chi connectivity index (χ2v) is 5.20. The number of rotatable bonds is 5. The molecule has 1 aliphatic heterocycles. The third kappa shape index (κ3) is 4.02. The molecule has 0 radical (unpaired) electrons. The average molecular weight is 246 g/mol. The van der Waals surface area contributed by atoms with Gasteiger partial charge in [-0.3, -0.25) is 9.69 Å². The predicted molar refractivity (Wildman–Crippen MR) is 63.6 cm³/mol. The van der Waals surface area contributed by atoms with Crippen molar-refractivity contribution < 1.29 is 14.7 Å². The molecule has 1 amide bonds. The molecule has 1 saturated heterocycles. The van der Waals surface area contributed by atoms with E-state index in [-0.39, 0.29) is 5.91 Å². The molecule has 0 bridgehead atoms. The van der Waals surface area contributed by atoms with E-state index in [1.54, 1.807) is 0 Å². The number of carbonyl (C=O) groups excluding carboxylic acids is 1. The number of nitrogens with zero attached hydrogens (tertiary/aromatic N) is 1. The molecule has 92 valence electrons. The van der Waals surface area contributed by atoms with Gasteiger partial charge in [0.15, 0.2) is 0 Å². The first-order chi connectivity index (χ1) is 7.50. The van der Waals surface area contributed by atoms with Crippen molar-refractivity contribution in [1.29, 1.82) is 0 Å². The maximum Gasteiger partial charge on any atom is 0.327 e. The van der Waals surface area contributed by atoms with Crippen molar-refractivity contribution >= 4 is 23.6 Å². The van der Waals surface area contributed by atoms with Gasteiger partial charge in [-0.05, 0) is 19.2 Å². The summed E-state index contributed by atoms with van der Waals surface area (Å²) in [4.78, 5) is 23.8. The van der Waals surface area contributed by atoms with Crippen LogP contribution >= 0.6 is 11.8 Å². The maximum absolute atomic E-state index is 10.9. The molecule has 2 atom stereocenters. The molecular formula is C10H18N2O3S. The van der Waals surface area contributed by atoms with E-state index in [0.29, 0.717) is 12.6 Å². The second-order valence-electron chi connectivity index (χ2n) is 4.05. The topological polar surface area (TPSA) is 69.6 Å². The first kappa shape index (κ1) is 13.3. The minimum atomic E-state index is -0.979. The number of carboxylic acids is 1. The Hall–Kier alpha value is -0.750. The maximum atomic E-state index is 10.9. The van der Waals surface area contributed by atoms with E-state index < -0.39 is 12.0 Å². The number of hydrogen-bond acceptors (Lipinski definition) is 4. The fraction of sp³-hybridized carbons (Fsp3) is 0.800. The van der Waals surface area contributed by atoms with Crippen LogP contribution in [-0.2, 0) is 9.59 Å². The van der Waals surface area contributed by atoms with Gasteiger partial charge < -0.3 is 10.4 Å². The average Bonchev–Trinajstić information content (AvgIpc) is 2.68. The molecule has 1 rings (SSSR count). The predicted octanol–water partition coefficient (Wildman–Crippen LogP) is 0.0130. The first-order valence-corrected chi connectivity index (χ1v) is 6.44. The summed E-state index contributed by atoms with van der Waals surface area (Å²) < 4.78 is 0. The summed E-state index contributed by atoms with van der Waals surface area (Å²) in [6.07, 6.45) is 1.09. The van der Waals surface area contributed by atoms with E-state index in [1.807, 2.05) is 23.7 Å². The molecule has 0 aromatic heterocycles. The van der Waals surface area contributed by atoms with E-state index in [2.05, 4.69) is 5.32 Å². The molecule has 0 aliphatic carbocycles. The number of carbonyl (C=O) groups is 2. The normalized spacial score (nSPS) is 22.1. The lowest BCUT2D eigenvalue weighted by Crippen LogP contribution is -2.49. The van der Waals surface area contributed by atoms with Crippen molar-refractivity contribution in [2.24, 2.45) is 0 Å². The van der Waals surface area contributed by atoms with Gasteiger partial charge in [0.2, 0.25) is 5.91 Å². The van der Waals surface area contributed by atoms with Crippen molar-refractivity contribution in [1.82, 2.24) is 10.2 Å². The zero-order valence-corrected chi connectivity index (χ0v) is 10.4. The summed E-state index contributed by atoms with van der Waals surface area (Å²) in [6.45, 7) is 1.70. The number of hydrogen-bond donors (Lipinski definition) is 2. The molecule has 2 unspecified atom stereocenters. The quantitative estimate of drug-likeness (QED) is 0.715. The molecular weight excluding hydrogens is 228 g/mol. The Kier molecular flexibility index (Phi) is 5.08. The van der Waals surface area contributed by atoms with E-state index in [9.17, 15) is 9.59 Å². The van der Waals surface area contributed by atoms with E-state index in [0.717, 1.165) is 17.9 Å². The number of likely N-dealkylation sites (N-methyl/N-ethyl adjacent to an activating group) is 1. The van der Waals surface area contributed by atoms with Gasteiger partial charge in [0.05, 0.1) is 0 Å². The van der Waals surface area contributed by atoms with Crippen LogP contribution in [0.15, 0.2) is 0 Å². The lowest BCUT2D eigenvalue weighted by Gasteiger charge is -2.26. The third-order valence-electron chi connectivity index (χ3n) is 2.68. The summed E-state index contributed by atoms with van der Waals surface area (Å²) in [5.74, 6) is 0.893. The Morgan fingerprint density at radius 3 is 2.75 bits per heavy atom. The Bertz CT molecular complexity index is 267. The molecule has 0 spiro atoms. The number of nitrogens with one attached hydrogen (secondary N) is 1. The smallest absolute Gasteiger partial charge is 0.327 e. The fourth-order valence-electron chi connectivity index (χ4n) is 1.74. The summed E-state index contributed by atoms with van der Waals surface area (Å²) in [5.41, 5.74) is 0. The minimum absolute atomic E-state index is 0.304. The monoisotopic (exact) mass is 246 g/mol. The van der Waals surface area contributed by atoms with Crippen molar-refractivity contribution in [3.05, 3.63) is 0 Å². The first-order valence-electron chi connectivity index (χ1n) is 5.28. The van der Waals surface area contributed by atoms with E-state index >= 15 is 0 Å². The Morgan fingerprint density at radius 1 is 1.62 bits per heavy atom. The largest absolute Gasteiger partial charge is 0.480 e. The molecule has 1 heterocycles. The SMILES string of the molecule is CC(=O)NC(CN(C)C1CCSC1)C(=O)O. The lowest BCUT2D eigenvalue weighted by atomic mass is 10.2. The van der Waals surface area contributed by atoms with Gasteiger partial charge in [0.1, 0.15) is 6.04 Å². The van der Waals surface area contributed by atoms with Crippen molar-refractivity contribution in [2.75, 3.05) is 25.1 Å². The fourth-order valence-corrected chi connectivity index (χ4v) is 3.04. The number of thioether (sulfide) groups is 1. The van der Waals surface area contributed by atoms with Crippen molar-refractivity contribution in [3.8, 4) is 0 Å². The van der Waals surface area contributed by atoms with Gasteiger partial charge in [-0.2, -0.15) is 11.8 Å². The molecule has 0 aromatic carbocycles. The van der Waals surface area contributed by atoms with Crippen LogP contribution in [0.2, 0.25) is 0 Å². The summed E-state index contributed by atoms with van der Waals surface area (Å²) in [7, 11) is 1.91. The molecule has 16 heavy (non-hydrogen) atoms. The number of carboxylic acid groups (broad SMARTS) is 1. The third-order valence-corrected chi connectivity index (χ3v) is 3.82. The van der Waals surface area contributed by atoms with Gasteiger partial charge in [-0.25, -0.2) is 4.79 Å². The van der Waals surface area contributed by atoms with Gasteiger partial charge in [-0.1, -0.05) is 0 Å². The highest BCUT2D eigenvalue weighted by molar-refractivity contribution is 7.99. The van der Waals surface area contributed by atoms with Crippen LogP contribution in [0.4, 0.5) is 0 Å². The number of amides is 1. The van der Waals surface area contributed by atoms with Gasteiger partial charge in [0, 0.05) is 25.3 Å². The van der Waals surface area contributed by atoms with Crippen LogP contribution in [-0.4, -0.2) is 59.1 Å². The van der Waals surface area contributed by atoms with Crippen LogP contribution in [0, 0.1) is 0 Å². The second kappa shape index (κ2) is 6.10. The van der Waals surface area contributed by atoms with Crippen LogP contribution < -0.4 is 5.32 Å². The molecule has 0 saturated carbocycles. The van der Waals surface area contributed by atoms with Gasteiger partial charge in [0.25, 0.3) is 0 Å². The van der Waals surface area contributed by atoms with Crippen LogP contribution in [0.5, 0.6) is 0 Å². The highest BCUT2D eigenvalue weighted by atomic mass is 32.2. The molecule has 2 N–H and O–H groups in total. The minimum Gasteiger partial charge on any atom is -0.480 e. The Balaban J connectivity index is 2.46. The zero-order valence-electron chi connectivity index (χ0n) is 9.60. The van der Waals surface area contributed by atoms with Gasteiger partial charge in [-0.15, -0.1) is 0 Å². The lowest BCUT2D eigenvalue weighted by molar-refractivity contribution is -0.142. The molecule has 1 fully saturated rings. The van der Waals surface area contributed by atoms with E-state index in [1.165, 1.54) is 6.92 Å². The highest BCUT2D eigenvalue weighted by Crippen LogP contribution is 2.21. The number of aliphatic carboxylic acids is 1. The zero-order chi connectivity index (χ0) is 12.1. The Morgan fingerprint density at radius 2 is 2.31 bits per heavy atom. The molecule has 5 nitrogen and oxygen atoms in total. The molecule has 6 heteroatoms. The summed E-state index contributed by atoms with van der Waals surface area (Å²) in [6, 6.07) is -0.381. The molecule has 0 aromatic rings. The highest BCUT2D eigenvalue weighted by Gasteiger charge is 2.26. The Labute approximate surface area is 99.6 Å². The summed E-state index contributed by atoms with van der Waals surface area (Å²) >= 11 is 1.88. The summed E-state index contributed by atoms with van der Waals surface area (Å²) in [5, 5.41) is 11.4. The van der Waals surface area contributed by atoms with Crippen molar-refractivity contribution in [2.45, 2.75) is 25.4 Å². The van der Waals surface area contributed by atoms with Gasteiger partial charge >= 0.3 is 5.97 Å². The standard InChI is InChI=1S/C10H18N2O3S/c1-7(13)11-9(10(14)15)5-12(2)8-3-4-16-6-8/h8-9H,3-6H2,1-2H3,(H,11,13)(H,14,15). The van der Waals surface area contributed by atoms with Crippen LogP contribution in [0.25, 0.3) is 0 Å². The van der Waals surface area contributed by atoms with Crippen LogP contribution in [0.3, 0.4) is 0 Å².